The van der Waals surface area contributed by atoms with Crippen molar-refractivity contribution in [3.8, 4) is 5.75 Å². The number of hydrogen-bond donors (Lipinski definition) is 3. The maximum absolute atomic E-state index is 13.3. The Balaban J connectivity index is 1.44. The second-order valence-electron chi connectivity index (χ2n) is 8.25. The number of ether oxygens (including phenoxy) is 1. The number of carbonyl (C=O) groups excluding carboxylic acids is 2. The summed E-state index contributed by atoms with van der Waals surface area (Å²) in [5.74, 6) is -0.0729. The van der Waals surface area contributed by atoms with Crippen molar-refractivity contribution in [2.45, 2.75) is 18.3 Å². The van der Waals surface area contributed by atoms with Gasteiger partial charge >= 0.3 is 0 Å². The first-order chi connectivity index (χ1) is 16.1. The summed E-state index contributed by atoms with van der Waals surface area (Å²) in [6.45, 7) is 0.410. The number of amides is 2. The van der Waals surface area contributed by atoms with Crippen LogP contribution in [0.2, 0.25) is 0 Å². The van der Waals surface area contributed by atoms with Gasteiger partial charge in [0.1, 0.15) is 5.75 Å². The van der Waals surface area contributed by atoms with Gasteiger partial charge in [0, 0.05) is 41.7 Å². The van der Waals surface area contributed by atoms with Gasteiger partial charge in [0.15, 0.2) is 0 Å². The SMILES string of the molecule is COc1ccc(C(CNC(=O)C2CC(=O)Nc3ccccc32)c2c[nH]c3ccccc23)cc1. The Labute approximate surface area is 192 Å². The van der Waals surface area contributed by atoms with Crippen molar-refractivity contribution in [2.24, 2.45) is 0 Å². The lowest BCUT2D eigenvalue weighted by atomic mass is 9.88. The lowest BCUT2D eigenvalue weighted by Gasteiger charge is -2.26. The van der Waals surface area contributed by atoms with Gasteiger partial charge in [0.25, 0.3) is 0 Å². The van der Waals surface area contributed by atoms with Crippen LogP contribution in [-0.4, -0.2) is 30.5 Å². The van der Waals surface area contributed by atoms with Crippen LogP contribution in [0, 0.1) is 0 Å². The van der Waals surface area contributed by atoms with Crippen molar-refractivity contribution >= 4 is 28.4 Å². The number of nitrogens with one attached hydrogen (secondary N) is 3. The molecule has 3 aromatic carbocycles. The topological polar surface area (TPSA) is 83.2 Å². The molecular weight excluding hydrogens is 414 g/mol. The second kappa shape index (κ2) is 8.82. The molecule has 2 unspecified atom stereocenters. The molecule has 0 aliphatic carbocycles. The number of rotatable bonds is 6. The van der Waals surface area contributed by atoms with Crippen LogP contribution in [0.1, 0.15) is 34.9 Å². The molecule has 1 aliphatic rings. The van der Waals surface area contributed by atoms with Gasteiger partial charge in [0.05, 0.1) is 13.0 Å². The number of carbonyl (C=O) groups is 2. The van der Waals surface area contributed by atoms with Gasteiger partial charge in [-0.25, -0.2) is 0 Å². The van der Waals surface area contributed by atoms with Gasteiger partial charge in [-0.15, -0.1) is 0 Å². The summed E-state index contributed by atoms with van der Waals surface area (Å²) in [6.07, 6.45) is 2.15. The van der Waals surface area contributed by atoms with Gasteiger partial charge in [-0.2, -0.15) is 0 Å². The van der Waals surface area contributed by atoms with E-state index in [9.17, 15) is 9.59 Å². The smallest absolute Gasteiger partial charge is 0.228 e. The molecule has 0 saturated carbocycles. The highest BCUT2D eigenvalue weighted by molar-refractivity contribution is 6.01. The summed E-state index contributed by atoms with van der Waals surface area (Å²) in [4.78, 5) is 28.8. The lowest BCUT2D eigenvalue weighted by Crippen LogP contribution is -2.37. The highest BCUT2D eigenvalue weighted by Crippen LogP contribution is 2.34. The van der Waals surface area contributed by atoms with Crippen molar-refractivity contribution in [1.29, 1.82) is 0 Å². The third-order valence-electron chi connectivity index (χ3n) is 6.31. The zero-order valence-electron chi connectivity index (χ0n) is 18.3. The number of aromatic amines is 1. The molecule has 0 radical (unpaired) electrons. The summed E-state index contributed by atoms with van der Waals surface area (Å²) in [7, 11) is 1.64. The monoisotopic (exact) mass is 439 g/mol. The van der Waals surface area contributed by atoms with Crippen molar-refractivity contribution < 1.29 is 14.3 Å². The normalized spacial score (nSPS) is 16.0. The number of anilines is 1. The number of hydrogen-bond acceptors (Lipinski definition) is 3. The van der Waals surface area contributed by atoms with E-state index in [1.165, 1.54) is 0 Å². The second-order valence-corrected chi connectivity index (χ2v) is 8.25. The number of H-pyrrole nitrogens is 1. The molecule has 0 bridgehead atoms. The van der Waals surface area contributed by atoms with Crippen molar-refractivity contribution in [1.82, 2.24) is 10.3 Å². The molecule has 0 spiro atoms. The Bertz CT molecular complexity index is 1310. The Morgan fingerprint density at radius 2 is 1.82 bits per heavy atom. The average molecular weight is 440 g/mol. The van der Waals surface area contributed by atoms with E-state index in [0.29, 0.717) is 12.2 Å². The Morgan fingerprint density at radius 1 is 1.06 bits per heavy atom. The first-order valence-corrected chi connectivity index (χ1v) is 11.0. The third-order valence-corrected chi connectivity index (χ3v) is 6.31. The Morgan fingerprint density at radius 3 is 2.64 bits per heavy atom. The summed E-state index contributed by atoms with van der Waals surface area (Å²) in [5.41, 5.74) is 4.79. The molecule has 33 heavy (non-hydrogen) atoms. The average Bonchev–Trinajstić information content (AvgIpc) is 3.28. The molecule has 0 fully saturated rings. The van der Waals surface area contributed by atoms with Crippen LogP contribution in [0.25, 0.3) is 10.9 Å². The number of methoxy groups -OCH3 is 1. The molecule has 2 amide bonds. The summed E-state index contributed by atoms with van der Waals surface area (Å²) >= 11 is 0. The minimum absolute atomic E-state index is 0.0660. The van der Waals surface area contributed by atoms with E-state index in [2.05, 4.69) is 21.7 Å². The van der Waals surface area contributed by atoms with E-state index in [1.807, 2.05) is 72.9 Å². The molecule has 1 aromatic heterocycles. The predicted molar refractivity (Wildman–Crippen MR) is 129 cm³/mol. The van der Waals surface area contributed by atoms with E-state index in [-0.39, 0.29) is 24.2 Å². The molecule has 166 valence electrons. The molecule has 2 heterocycles. The van der Waals surface area contributed by atoms with Gasteiger partial charge < -0.3 is 20.4 Å². The first-order valence-electron chi connectivity index (χ1n) is 11.0. The molecule has 2 atom stereocenters. The fourth-order valence-electron chi connectivity index (χ4n) is 4.60. The van der Waals surface area contributed by atoms with E-state index in [1.54, 1.807) is 7.11 Å². The molecule has 1 aliphatic heterocycles. The summed E-state index contributed by atoms with van der Waals surface area (Å²) < 4.78 is 5.32. The Hall–Kier alpha value is -4.06. The third kappa shape index (κ3) is 4.07. The maximum Gasteiger partial charge on any atom is 0.228 e. The van der Waals surface area contributed by atoms with E-state index < -0.39 is 5.92 Å². The number of fused-ring (bicyclic) bond motifs is 2. The highest BCUT2D eigenvalue weighted by atomic mass is 16.5. The summed E-state index contributed by atoms with van der Waals surface area (Å²) in [6, 6.07) is 23.5. The number of aromatic nitrogens is 1. The zero-order valence-corrected chi connectivity index (χ0v) is 18.3. The molecule has 5 rings (SSSR count). The van der Waals surface area contributed by atoms with Crippen molar-refractivity contribution in [2.75, 3.05) is 19.0 Å². The lowest BCUT2D eigenvalue weighted by molar-refractivity contribution is -0.126. The van der Waals surface area contributed by atoms with Crippen LogP contribution >= 0.6 is 0 Å². The molecule has 3 N–H and O–H groups in total. The standard InChI is InChI=1S/C27H25N3O3/c1-33-18-12-10-17(11-13-18)22(23-16-28-24-8-4-2-7-20(23)24)15-29-27(32)21-14-26(31)30-25-9-5-3-6-19(21)25/h2-13,16,21-22,28H,14-15H2,1H3,(H,29,32)(H,30,31). The van der Waals surface area contributed by atoms with Crippen LogP contribution in [0.15, 0.2) is 79.0 Å². The molecule has 0 saturated heterocycles. The fourth-order valence-corrected chi connectivity index (χ4v) is 4.60. The quantitative estimate of drug-likeness (QED) is 0.412. The highest BCUT2D eigenvalue weighted by Gasteiger charge is 2.31. The van der Waals surface area contributed by atoms with Crippen LogP contribution in [0.3, 0.4) is 0 Å². The number of benzene rings is 3. The number of para-hydroxylation sites is 2. The van der Waals surface area contributed by atoms with Crippen LogP contribution in [0.5, 0.6) is 5.75 Å². The molecule has 6 heteroatoms. The van der Waals surface area contributed by atoms with Crippen molar-refractivity contribution in [3.63, 3.8) is 0 Å². The van der Waals surface area contributed by atoms with Gasteiger partial charge in [0.2, 0.25) is 11.8 Å². The fraction of sp³-hybridized carbons (Fsp3) is 0.185. The molecule has 4 aromatic rings. The van der Waals surface area contributed by atoms with E-state index in [0.717, 1.165) is 33.3 Å². The van der Waals surface area contributed by atoms with Gasteiger partial charge in [-0.05, 0) is 41.0 Å². The predicted octanol–water partition coefficient (Wildman–Crippen LogP) is 4.55. The van der Waals surface area contributed by atoms with Crippen LogP contribution in [0.4, 0.5) is 5.69 Å². The van der Waals surface area contributed by atoms with Gasteiger partial charge in [-0.3, -0.25) is 9.59 Å². The van der Waals surface area contributed by atoms with Crippen LogP contribution < -0.4 is 15.4 Å². The molecule has 6 nitrogen and oxygen atoms in total. The van der Waals surface area contributed by atoms with Crippen LogP contribution in [-0.2, 0) is 9.59 Å². The van der Waals surface area contributed by atoms with Crippen molar-refractivity contribution in [3.05, 3.63) is 95.7 Å². The zero-order chi connectivity index (χ0) is 22.8. The first kappa shape index (κ1) is 20.8. The molecular formula is C27H25N3O3. The summed E-state index contributed by atoms with van der Waals surface area (Å²) in [5, 5.41) is 7.10. The van der Waals surface area contributed by atoms with E-state index in [4.69, 9.17) is 4.74 Å². The Kier molecular flexibility index (Phi) is 5.57. The minimum atomic E-state index is -0.505. The largest absolute Gasteiger partial charge is 0.497 e. The minimum Gasteiger partial charge on any atom is -0.497 e. The van der Waals surface area contributed by atoms with E-state index >= 15 is 0 Å². The van der Waals surface area contributed by atoms with Gasteiger partial charge in [-0.1, -0.05) is 48.5 Å². The maximum atomic E-state index is 13.3.